The molecule has 44 heavy (non-hydrogen) atoms. The van der Waals surface area contributed by atoms with Crippen molar-refractivity contribution in [2.24, 2.45) is 5.73 Å². The number of benzene rings is 2. The number of fused-ring (bicyclic) bond motifs is 1. The highest BCUT2D eigenvalue weighted by molar-refractivity contribution is 5.94. The molecule has 2 amide bonds. The Hall–Kier alpha value is -5.01. The number of amides is 2. The fourth-order valence-corrected chi connectivity index (χ4v) is 5.28. The second kappa shape index (κ2) is 11.9. The average molecular weight is 616 g/mol. The zero-order chi connectivity index (χ0) is 31.8. The summed E-state index contributed by atoms with van der Waals surface area (Å²) in [4.78, 5) is 41.4. The van der Waals surface area contributed by atoms with Crippen LogP contribution >= 0.6 is 0 Å². The number of primary amides is 1. The van der Waals surface area contributed by atoms with Crippen LogP contribution in [0, 0.1) is 17.5 Å². The summed E-state index contributed by atoms with van der Waals surface area (Å²) in [6, 6.07) is 8.29. The minimum atomic E-state index is -4.85. The fourth-order valence-electron chi connectivity index (χ4n) is 5.28. The van der Waals surface area contributed by atoms with Gasteiger partial charge in [0.1, 0.15) is 29.8 Å². The summed E-state index contributed by atoms with van der Waals surface area (Å²) in [6.45, 7) is -0.662. The van der Waals surface area contributed by atoms with Crippen LogP contribution in [-0.2, 0) is 41.6 Å². The normalized spacial score (nSPS) is 13.8. The van der Waals surface area contributed by atoms with Crippen molar-refractivity contribution in [3.05, 3.63) is 106 Å². The maximum Gasteiger partial charge on any atom is 0.435 e. The summed E-state index contributed by atoms with van der Waals surface area (Å²) in [5.74, 6) is -4.85. The molecule has 5 rings (SSSR count). The van der Waals surface area contributed by atoms with Crippen LogP contribution in [0.3, 0.4) is 0 Å². The third-order valence-electron chi connectivity index (χ3n) is 7.15. The molecule has 0 bridgehead atoms. The summed E-state index contributed by atoms with van der Waals surface area (Å²) in [5, 5.41) is 6.28. The summed E-state index contributed by atoms with van der Waals surface area (Å²) in [5.41, 5.74) is 4.34. The molecule has 3 N–H and O–H groups in total. The number of ketones is 1. The minimum absolute atomic E-state index is 0.00632. The number of aromatic nitrogens is 3. The van der Waals surface area contributed by atoms with Crippen LogP contribution in [-0.4, -0.2) is 32.4 Å². The number of rotatable bonds is 8. The Morgan fingerprint density at radius 2 is 1.75 bits per heavy atom. The summed E-state index contributed by atoms with van der Waals surface area (Å²) in [6.07, 6.45) is -4.19. The maximum absolute atomic E-state index is 14.2. The molecule has 0 saturated heterocycles. The zero-order valence-electron chi connectivity index (χ0n) is 22.7. The number of nitrogens with two attached hydrogens (primary N) is 1. The van der Waals surface area contributed by atoms with Gasteiger partial charge in [-0.3, -0.25) is 24.0 Å². The highest BCUT2D eigenvalue weighted by atomic mass is 19.4. The number of pyridine rings is 1. The average Bonchev–Trinajstić information content (AvgIpc) is 3.30. The van der Waals surface area contributed by atoms with Crippen LogP contribution in [0.2, 0.25) is 0 Å². The Morgan fingerprint density at radius 1 is 1.02 bits per heavy atom. The summed E-state index contributed by atoms with van der Waals surface area (Å²) >= 11 is 0. The van der Waals surface area contributed by atoms with Crippen molar-refractivity contribution in [2.45, 2.75) is 44.4 Å². The van der Waals surface area contributed by atoms with Gasteiger partial charge in [-0.2, -0.15) is 18.3 Å². The van der Waals surface area contributed by atoms with Crippen LogP contribution in [0.1, 0.15) is 51.0 Å². The first-order valence-electron chi connectivity index (χ1n) is 13.3. The van der Waals surface area contributed by atoms with Crippen LogP contribution in [0.5, 0.6) is 0 Å². The number of halogens is 6. The molecule has 2 heterocycles. The Morgan fingerprint density at radius 3 is 2.43 bits per heavy atom. The lowest BCUT2D eigenvalue weighted by Gasteiger charge is -2.22. The largest absolute Gasteiger partial charge is 0.435 e. The summed E-state index contributed by atoms with van der Waals surface area (Å²) in [7, 11) is 0. The van der Waals surface area contributed by atoms with E-state index in [1.54, 1.807) is 6.07 Å². The summed E-state index contributed by atoms with van der Waals surface area (Å²) < 4.78 is 84.3. The second-order valence-corrected chi connectivity index (χ2v) is 10.2. The van der Waals surface area contributed by atoms with Gasteiger partial charge in [-0.1, -0.05) is 12.1 Å². The van der Waals surface area contributed by atoms with Gasteiger partial charge in [-0.05, 0) is 54.3 Å². The van der Waals surface area contributed by atoms with Gasteiger partial charge in [-0.15, -0.1) is 0 Å². The van der Waals surface area contributed by atoms with Crippen molar-refractivity contribution < 1.29 is 40.7 Å². The highest BCUT2D eigenvalue weighted by Crippen LogP contribution is 2.35. The number of hydrogen-bond acceptors (Lipinski definition) is 5. The number of nitrogens with zero attached hydrogens (tertiary/aromatic N) is 3. The lowest BCUT2D eigenvalue weighted by molar-refractivity contribution is -0.142. The van der Waals surface area contributed by atoms with Crippen LogP contribution in [0.25, 0.3) is 11.1 Å². The molecule has 1 atom stereocenters. The van der Waals surface area contributed by atoms with Crippen LogP contribution in [0.15, 0.2) is 54.7 Å². The van der Waals surface area contributed by atoms with Gasteiger partial charge in [0.25, 0.3) is 5.91 Å². The number of hydrogen-bond donors (Lipinski definition) is 2. The molecule has 228 valence electrons. The molecule has 2 aromatic carbocycles. The lowest BCUT2D eigenvalue weighted by atomic mass is 9.94. The van der Waals surface area contributed by atoms with Crippen molar-refractivity contribution >= 4 is 17.6 Å². The monoisotopic (exact) mass is 615 g/mol. The molecule has 1 aliphatic rings. The Kier molecular flexibility index (Phi) is 8.26. The first kappa shape index (κ1) is 30.4. The molecule has 4 aromatic rings. The van der Waals surface area contributed by atoms with Gasteiger partial charge in [0.15, 0.2) is 5.69 Å². The van der Waals surface area contributed by atoms with Crippen molar-refractivity contribution in [2.75, 3.05) is 0 Å². The third-order valence-corrected chi connectivity index (χ3v) is 7.15. The van der Waals surface area contributed by atoms with E-state index >= 15 is 0 Å². The Labute approximate surface area is 245 Å². The molecular formula is C30H23F6N5O3. The molecule has 0 radical (unpaired) electrons. The first-order chi connectivity index (χ1) is 20.8. The molecule has 8 nitrogen and oxygen atoms in total. The number of carbonyl (C=O) groups excluding carboxylic acids is 3. The van der Waals surface area contributed by atoms with Crippen molar-refractivity contribution in [1.82, 2.24) is 20.1 Å². The quantitative estimate of drug-likeness (QED) is 0.280. The topological polar surface area (TPSA) is 120 Å². The van der Waals surface area contributed by atoms with Crippen LogP contribution in [0.4, 0.5) is 26.3 Å². The smallest absolute Gasteiger partial charge is 0.366 e. The standard InChI is InChI=1S/C30H23F6N5O3/c31-17-8-15(9-18(32)12-17)10-24(27-20(2-1-7-38-27)16-3-5-23(33)21(11-16)29(37)44)39-26(43)14-41-25-6-4-19(42)13-22(25)28(40-41)30(34,35)36/h1-3,5,7-9,11-12,24H,4,6,10,13-14H2,(H2,37,44)(H,39,43). The molecule has 0 fully saturated rings. The molecule has 0 saturated carbocycles. The number of nitrogens with one attached hydrogen (secondary N) is 1. The SMILES string of the molecule is NC(=O)c1cc(-c2cccnc2C(Cc2cc(F)cc(F)c2)NC(=O)Cn2nc(C(F)(F)F)c3c2CCC(=O)C3)ccc1F. The molecular weight excluding hydrogens is 592 g/mol. The maximum atomic E-state index is 14.2. The van der Waals surface area contributed by atoms with E-state index in [0.717, 1.165) is 22.9 Å². The second-order valence-electron chi connectivity index (χ2n) is 10.2. The third kappa shape index (κ3) is 6.48. The predicted molar refractivity (Wildman–Crippen MR) is 143 cm³/mol. The fraction of sp³-hybridized carbons (Fsp3) is 0.233. The molecule has 0 spiro atoms. The van der Waals surface area contributed by atoms with E-state index in [9.17, 15) is 40.7 Å². The molecule has 14 heteroatoms. The minimum Gasteiger partial charge on any atom is -0.366 e. The van der Waals surface area contributed by atoms with Crippen molar-refractivity contribution in [1.29, 1.82) is 0 Å². The van der Waals surface area contributed by atoms with Crippen molar-refractivity contribution in [3.63, 3.8) is 0 Å². The molecule has 0 aliphatic heterocycles. The number of alkyl halides is 3. The molecule has 2 aromatic heterocycles. The Balaban J connectivity index is 1.53. The van der Waals surface area contributed by atoms with E-state index in [-0.39, 0.29) is 53.1 Å². The predicted octanol–water partition coefficient (Wildman–Crippen LogP) is 4.64. The van der Waals surface area contributed by atoms with Gasteiger partial charge in [0.2, 0.25) is 5.91 Å². The van der Waals surface area contributed by atoms with E-state index in [2.05, 4.69) is 15.4 Å². The van der Waals surface area contributed by atoms with Gasteiger partial charge in [0.05, 0.1) is 17.3 Å². The first-order valence-corrected chi connectivity index (χ1v) is 13.3. The highest BCUT2D eigenvalue weighted by Gasteiger charge is 2.41. The lowest BCUT2D eigenvalue weighted by Crippen LogP contribution is -2.34. The van der Waals surface area contributed by atoms with Crippen molar-refractivity contribution in [3.8, 4) is 11.1 Å². The number of Topliss-reactive ketones (excluding diaryl/α,β-unsaturated/α-hetero) is 1. The van der Waals surface area contributed by atoms with Gasteiger partial charge in [0, 0.05) is 41.9 Å². The van der Waals surface area contributed by atoms with E-state index in [1.165, 1.54) is 24.4 Å². The molecule has 1 aliphatic carbocycles. The van der Waals surface area contributed by atoms with Gasteiger partial charge >= 0.3 is 6.18 Å². The van der Waals surface area contributed by atoms with E-state index < -0.39 is 65.7 Å². The van der Waals surface area contributed by atoms with E-state index in [1.807, 2.05) is 0 Å². The van der Waals surface area contributed by atoms with Crippen LogP contribution < -0.4 is 11.1 Å². The van der Waals surface area contributed by atoms with Gasteiger partial charge < -0.3 is 11.1 Å². The van der Waals surface area contributed by atoms with Gasteiger partial charge in [-0.25, -0.2) is 13.2 Å². The molecule has 1 unspecified atom stereocenters. The van der Waals surface area contributed by atoms with E-state index in [4.69, 9.17) is 5.73 Å². The zero-order valence-corrected chi connectivity index (χ0v) is 22.7. The Bertz CT molecular complexity index is 1770. The van der Waals surface area contributed by atoms with E-state index in [0.29, 0.717) is 11.6 Å². The number of carbonyl (C=O) groups is 3.